The van der Waals surface area contributed by atoms with E-state index in [9.17, 15) is 9.90 Å². The quantitative estimate of drug-likeness (QED) is 0.719. The van der Waals surface area contributed by atoms with Crippen LogP contribution in [0.5, 0.6) is 0 Å². The normalized spacial score (nSPS) is 22.9. The highest BCUT2D eigenvalue weighted by Gasteiger charge is 2.35. The van der Waals surface area contributed by atoms with E-state index >= 15 is 0 Å². The van der Waals surface area contributed by atoms with Crippen LogP contribution in [0, 0.1) is 0 Å². The van der Waals surface area contributed by atoms with Crippen molar-refractivity contribution < 1.29 is 9.90 Å². The number of likely N-dealkylation sites (N-methyl/N-ethyl adjacent to an activating group) is 1. The van der Waals surface area contributed by atoms with Gasteiger partial charge in [0.2, 0.25) is 0 Å². The molecule has 2 unspecified atom stereocenters. The average Bonchev–Trinajstić information content (AvgIpc) is 2.39. The number of rotatable bonds is 7. The lowest BCUT2D eigenvalue weighted by atomic mass is 9.93. The molecule has 5 heteroatoms. The molecule has 2 atom stereocenters. The van der Waals surface area contributed by atoms with Crippen molar-refractivity contribution in [2.24, 2.45) is 0 Å². The molecule has 2 N–H and O–H groups in total. The van der Waals surface area contributed by atoms with Crippen LogP contribution < -0.4 is 5.32 Å². The smallest absolute Gasteiger partial charge is 0.323 e. The molecule has 0 amide bonds. The Labute approximate surface area is 117 Å². The van der Waals surface area contributed by atoms with Gasteiger partial charge >= 0.3 is 5.97 Å². The summed E-state index contributed by atoms with van der Waals surface area (Å²) in [6.45, 7) is 11.6. The van der Waals surface area contributed by atoms with E-state index in [2.05, 4.69) is 29.0 Å². The second kappa shape index (κ2) is 7.22. The third kappa shape index (κ3) is 4.44. The van der Waals surface area contributed by atoms with Crippen LogP contribution in [0.1, 0.15) is 33.6 Å². The maximum Gasteiger partial charge on any atom is 0.323 e. The molecule has 0 aromatic heterocycles. The summed E-state index contributed by atoms with van der Waals surface area (Å²) in [5.41, 5.74) is -0.833. The minimum Gasteiger partial charge on any atom is -0.480 e. The molecule has 0 aromatic carbocycles. The number of hydrogen-bond acceptors (Lipinski definition) is 4. The first-order chi connectivity index (χ1) is 8.92. The van der Waals surface area contributed by atoms with Crippen molar-refractivity contribution in [2.45, 2.75) is 45.2 Å². The van der Waals surface area contributed by atoms with Crippen molar-refractivity contribution in [3.05, 3.63) is 0 Å². The number of carboxylic acids is 1. The molecule has 1 rings (SSSR count). The molecular weight excluding hydrogens is 242 g/mol. The number of nitrogens with one attached hydrogen (secondary N) is 1. The molecule has 1 aliphatic heterocycles. The van der Waals surface area contributed by atoms with Gasteiger partial charge in [0.15, 0.2) is 0 Å². The van der Waals surface area contributed by atoms with Crippen LogP contribution in [0.3, 0.4) is 0 Å². The molecule has 1 fully saturated rings. The number of carbonyl (C=O) groups is 1. The minimum atomic E-state index is -0.833. The molecule has 0 bridgehead atoms. The molecule has 1 aliphatic rings. The second-order valence-electron chi connectivity index (χ2n) is 5.82. The lowest BCUT2D eigenvalue weighted by molar-refractivity contribution is -0.144. The fourth-order valence-corrected chi connectivity index (χ4v) is 2.76. The van der Waals surface area contributed by atoms with Crippen molar-refractivity contribution >= 4 is 5.97 Å². The van der Waals surface area contributed by atoms with Crippen molar-refractivity contribution in [2.75, 3.05) is 39.8 Å². The van der Waals surface area contributed by atoms with Crippen LogP contribution >= 0.6 is 0 Å². The van der Waals surface area contributed by atoms with Crippen molar-refractivity contribution in [3.8, 4) is 0 Å². The number of aliphatic carboxylic acids is 1. The second-order valence-corrected chi connectivity index (χ2v) is 5.82. The molecule has 1 saturated heterocycles. The fourth-order valence-electron chi connectivity index (χ4n) is 2.76. The van der Waals surface area contributed by atoms with E-state index in [0.717, 1.165) is 26.2 Å². The van der Waals surface area contributed by atoms with Gasteiger partial charge in [-0.1, -0.05) is 6.92 Å². The third-order valence-electron chi connectivity index (χ3n) is 4.30. The standard InChI is InChI=1S/C14H29N3O2/c1-5-6-16-7-9-17(10-8-16)12(2)11-14(3,15-4)13(18)19/h12,15H,5-11H2,1-4H3,(H,18,19). The first kappa shape index (κ1) is 16.4. The van der Waals surface area contributed by atoms with Gasteiger partial charge in [-0.05, 0) is 40.3 Å². The van der Waals surface area contributed by atoms with Crippen molar-refractivity contribution in [1.29, 1.82) is 0 Å². The lowest BCUT2D eigenvalue weighted by Gasteiger charge is -2.40. The van der Waals surface area contributed by atoms with E-state index in [1.165, 1.54) is 13.0 Å². The highest BCUT2D eigenvalue weighted by atomic mass is 16.4. The summed E-state index contributed by atoms with van der Waals surface area (Å²) in [7, 11) is 1.72. The van der Waals surface area contributed by atoms with E-state index < -0.39 is 11.5 Å². The highest BCUT2D eigenvalue weighted by Crippen LogP contribution is 2.18. The molecule has 1 heterocycles. The Morgan fingerprint density at radius 3 is 2.37 bits per heavy atom. The number of hydrogen-bond donors (Lipinski definition) is 2. The van der Waals surface area contributed by atoms with Gasteiger partial charge < -0.3 is 15.3 Å². The van der Waals surface area contributed by atoms with Crippen molar-refractivity contribution in [3.63, 3.8) is 0 Å². The molecule has 0 aromatic rings. The molecule has 0 radical (unpaired) electrons. The highest BCUT2D eigenvalue weighted by molar-refractivity contribution is 5.78. The van der Waals surface area contributed by atoms with Gasteiger partial charge in [0.25, 0.3) is 0 Å². The van der Waals surface area contributed by atoms with Crippen LogP contribution in [-0.2, 0) is 4.79 Å². The summed E-state index contributed by atoms with van der Waals surface area (Å²) in [5, 5.41) is 12.2. The first-order valence-corrected chi connectivity index (χ1v) is 7.31. The zero-order valence-electron chi connectivity index (χ0n) is 12.8. The van der Waals surface area contributed by atoms with Gasteiger partial charge in [0.1, 0.15) is 5.54 Å². The van der Waals surface area contributed by atoms with E-state index in [1.807, 2.05) is 0 Å². The van der Waals surface area contributed by atoms with Gasteiger partial charge in [-0.2, -0.15) is 0 Å². The fraction of sp³-hybridized carbons (Fsp3) is 0.929. The summed E-state index contributed by atoms with van der Waals surface area (Å²) >= 11 is 0. The van der Waals surface area contributed by atoms with Gasteiger partial charge in [-0.15, -0.1) is 0 Å². The minimum absolute atomic E-state index is 0.289. The van der Waals surface area contributed by atoms with Crippen molar-refractivity contribution in [1.82, 2.24) is 15.1 Å². The molecule has 112 valence electrons. The zero-order valence-corrected chi connectivity index (χ0v) is 12.8. The Balaban J connectivity index is 2.47. The Bertz CT molecular complexity index is 290. The number of piperazine rings is 1. The topological polar surface area (TPSA) is 55.8 Å². The Morgan fingerprint density at radius 1 is 1.37 bits per heavy atom. The molecule has 0 saturated carbocycles. The monoisotopic (exact) mass is 271 g/mol. The molecule has 0 aliphatic carbocycles. The summed E-state index contributed by atoms with van der Waals surface area (Å²) in [5.74, 6) is -0.772. The van der Waals surface area contributed by atoms with E-state index in [-0.39, 0.29) is 6.04 Å². The van der Waals surface area contributed by atoms with E-state index in [4.69, 9.17) is 0 Å². The van der Waals surface area contributed by atoms with Gasteiger partial charge in [0.05, 0.1) is 0 Å². The maximum absolute atomic E-state index is 11.3. The van der Waals surface area contributed by atoms with Crippen LogP contribution in [0.2, 0.25) is 0 Å². The van der Waals surface area contributed by atoms with Gasteiger partial charge in [-0.3, -0.25) is 9.69 Å². The first-order valence-electron chi connectivity index (χ1n) is 7.31. The average molecular weight is 271 g/mol. The van der Waals surface area contributed by atoms with E-state index in [1.54, 1.807) is 14.0 Å². The maximum atomic E-state index is 11.3. The molecule has 19 heavy (non-hydrogen) atoms. The lowest BCUT2D eigenvalue weighted by Crippen LogP contribution is -2.55. The molecular formula is C14H29N3O2. The predicted octanol–water partition coefficient (Wildman–Crippen LogP) is 0.855. The molecule has 0 spiro atoms. The Morgan fingerprint density at radius 2 is 1.95 bits per heavy atom. The summed E-state index contributed by atoms with van der Waals surface area (Å²) < 4.78 is 0. The van der Waals surface area contributed by atoms with Crippen LogP contribution in [0.4, 0.5) is 0 Å². The van der Waals surface area contributed by atoms with Gasteiger partial charge in [-0.25, -0.2) is 0 Å². The van der Waals surface area contributed by atoms with Crippen LogP contribution in [0.15, 0.2) is 0 Å². The summed E-state index contributed by atoms with van der Waals surface area (Å²) in [4.78, 5) is 16.2. The third-order valence-corrected chi connectivity index (χ3v) is 4.30. The van der Waals surface area contributed by atoms with Crippen LogP contribution in [-0.4, -0.2) is 72.2 Å². The number of carboxylic acid groups (broad SMARTS) is 1. The summed E-state index contributed by atoms with van der Waals surface area (Å²) in [6, 6.07) is 0.289. The predicted molar refractivity (Wildman–Crippen MR) is 77.5 cm³/mol. The molecule has 5 nitrogen and oxygen atoms in total. The Kier molecular flexibility index (Phi) is 6.23. The van der Waals surface area contributed by atoms with E-state index in [0.29, 0.717) is 6.42 Å². The largest absolute Gasteiger partial charge is 0.480 e. The van der Waals surface area contributed by atoms with Crippen LogP contribution in [0.25, 0.3) is 0 Å². The Hall–Kier alpha value is -0.650. The summed E-state index contributed by atoms with van der Waals surface area (Å²) in [6.07, 6.45) is 1.83. The SMILES string of the molecule is CCCN1CCN(C(C)CC(C)(NC)C(=O)O)CC1. The van der Waals surface area contributed by atoms with Gasteiger partial charge in [0, 0.05) is 32.2 Å². The zero-order chi connectivity index (χ0) is 14.5. The number of nitrogens with zero attached hydrogens (tertiary/aromatic N) is 2.